The average Bonchev–Trinajstić information content (AvgIpc) is 2.91. The van der Waals surface area contributed by atoms with E-state index in [0.29, 0.717) is 17.1 Å². The van der Waals surface area contributed by atoms with E-state index in [1.165, 1.54) is 0 Å². The van der Waals surface area contributed by atoms with Crippen LogP contribution < -0.4 is 4.65 Å². The van der Waals surface area contributed by atoms with E-state index >= 15 is 0 Å². The summed E-state index contributed by atoms with van der Waals surface area (Å²) in [5.41, 5.74) is 3.01. The van der Waals surface area contributed by atoms with Gasteiger partial charge >= 0.3 is 7.32 Å². The first-order valence-electron chi connectivity index (χ1n) is 6.21. The van der Waals surface area contributed by atoms with Gasteiger partial charge in [0.25, 0.3) is 0 Å². The Labute approximate surface area is 110 Å². The number of nitrogens with zero attached hydrogens (tertiary/aromatic N) is 3. The summed E-state index contributed by atoms with van der Waals surface area (Å²) in [5, 5.41) is 22.6. The fourth-order valence-electron chi connectivity index (χ4n) is 2.38. The van der Waals surface area contributed by atoms with Gasteiger partial charge in [0.15, 0.2) is 11.4 Å². The number of aromatic nitrogens is 3. The third kappa shape index (κ3) is 2.22. The second kappa shape index (κ2) is 4.67. The topological polar surface area (TPSA) is 80.4 Å². The molecule has 2 N–H and O–H groups in total. The molecule has 0 fully saturated rings. The first-order chi connectivity index (χ1) is 9.15. The molecule has 0 saturated heterocycles. The molecule has 0 spiro atoms. The van der Waals surface area contributed by atoms with E-state index in [1.54, 1.807) is 0 Å². The van der Waals surface area contributed by atoms with Crippen LogP contribution in [0.2, 0.25) is 0 Å². The zero-order chi connectivity index (χ0) is 13.4. The first-order valence-corrected chi connectivity index (χ1v) is 6.21. The number of aryl methyl sites for hydroxylation is 2. The van der Waals surface area contributed by atoms with Crippen LogP contribution >= 0.6 is 0 Å². The standard InChI is InChI=1S/C12H14BN3O3/c1-8-4-2-5-9(14-8)11-12(19-13(17)18)10-6-3-7-16(10)15-11/h2,4-5,17-18H,3,6-7H2,1H3. The predicted molar refractivity (Wildman–Crippen MR) is 69.3 cm³/mol. The van der Waals surface area contributed by atoms with Gasteiger partial charge in [0, 0.05) is 12.2 Å². The molecule has 0 unspecified atom stereocenters. The Balaban J connectivity index is 2.10. The van der Waals surface area contributed by atoms with Crippen LogP contribution in [0.25, 0.3) is 11.4 Å². The van der Waals surface area contributed by atoms with Crippen molar-refractivity contribution in [1.29, 1.82) is 0 Å². The van der Waals surface area contributed by atoms with E-state index in [2.05, 4.69) is 10.1 Å². The minimum atomic E-state index is -1.85. The van der Waals surface area contributed by atoms with Crippen LogP contribution in [-0.4, -0.2) is 32.1 Å². The molecule has 3 heterocycles. The molecule has 7 heteroatoms. The van der Waals surface area contributed by atoms with Gasteiger partial charge in [-0.25, -0.2) is 0 Å². The molecule has 1 aliphatic heterocycles. The van der Waals surface area contributed by atoms with Gasteiger partial charge in [0.1, 0.15) is 0 Å². The maximum atomic E-state index is 9.06. The molecule has 1 aliphatic rings. The summed E-state index contributed by atoms with van der Waals surface area (Å²) in [6, 6.07) is 5.62. The van der Waals surface area contributed by atoms with Crippen LogP contribution in [0.3, 0.4) is 0 Å². The Morgan fingerprint density at radius 2 is 2.21 bits per heavy atom. The Morgan fingerprint density at radius 3 is 2.95 bits per heavy atom. The van der Waals surface area contributed by atoms with Gasteiger partial charge < -0.3 is 14.7 Å². The van der Waals surface area contributed by atoms with E-state index in [9.17, 15) is 0 Å². The third-order valence-electron chi connectivity index (χ3n) is 3.15. The van der Waals surface area contributed by atoms with Crippen molar-refractivity contribution >= 4 is 7.32 Å². The van der Waals surface area contributed by atoms with Gasteiger partial charge in [-0.3, -0.25) is 9.67 Å². The second-order valence-corrected chi connectivity index (χ2v) is 4.56. The van der Waals surface area contributed by atoms with Crippen molar-refractivity contribution in [3.63, 3.8) is 0 Å². The van der Waals surface area contributed by atoms with Gasteiger partial charge in [-0.2, -0.15) is 5.10 Å². The highest BCUT2D eigenvalue weighted by molar-refractivity contribution is 6.34. The van der Waals surface area contributed by atoms with Crippen LogP contribution in [0.15, 0.2) is 18.2 Å². The zero-order valence-corrected chi connectivity index (χ0v) is 10.6. The quantitative estimate of drug-likeness (QED) is 0.786. The zero-order valence-electron chi connectivity index (χ0n) is 10.6. The predicted octanol–water partition coefficient (Wildman–Crippen LogP) is 0.548. The molecule has 2 aromatic rings. The normalized spacial score (nSPS) is 13.4. The summed E-state index contributed by atoms with van der Waals surface area (Å²) in [7, 11) is -1.85. The highest BCUT2D eigenvalue weighted by atomic mass is 16.6. The van der Waals surface area contributed by atoms with E-state index in [0.717, 1.165) is 30.8 Å². The van der Waals surface area contributed by atoms with Gasteiger partial charge in [-0.15, -0.1) is 0 Å². The highest BCUT2D eigenvalue weighted by Crippen LogP contribution is 2.35. The molecular weight excluding hydrogens is 245 g/mol. The molecule has 0 aromatic carbocycles. The number of hydrogen-bond donors (Lipinski definition) is 2. The lowest BCUT2D eigenvalue weighted by Crippen LogP contribution is -2.21. The second-order valence-electron chi connectivity index (χ2n) is 4.56. The summed E-state index contributed by atoms with van der Waals surface area (Å²) < 4.78 is 6.95. The monoisotopic (exact) mass is 259 g/mol. The fraction of sp³-hybridized carbons (Fsp3) is 0.333. The molecular formula is C12H14BN3O3. The fourth-order valence-corrected chi connectivity index (χ4v) is 2.38. The third-order valence-corrected chi connectivity index (χ3v) is 3.15. The molecule has 0 atom stereocenters. The summed E-state index contributed by atoms with van der Waals surface area (Å²) in [5.74, 6) is 0.422. The van der Waals surface area contributed by atoms with Gasteiger partial charge in [-0.1, -0.05) is 6.07 Å². The van der Waals surface area contributed by atoms with E-state index < -0.39 is 7.32 Å². The first kappa shape index (κ1) is 12.2. The molecule has 0 amide bonds. The lowest BCUT2D eigenvalue weighted by atomic mass is 10.1. The van der Waals surface area contributed by atoms with E-state index in [1.807, 2.05) is 29.8 Å². The molecule has 0 saturated carbocycles. The number of hydrogen-bond acceptors (Lipinski definition) is 5. The van der Waals surface area contributed by atoms with Crippen LogP contribution in [0.4, 0.5) is 0 Å². The Morgan fingerprint density at radius 1 is 1.37 bits per heavy atom. The van der Waals surface area contributed by atoms with E-state index in [4.69, 9.17) is 14.7 Å². The lowest BCUT2D eigenvalue weighted by molar-refractivity contribution is 0.287. The van der Waals surface area contributed by atoms with Crippen LogP contribution in [-0.2, 0) is 13.0 Å². The van der Waals surface area contributed by atoms with Crippen molar-refractivity contribution in [1.82, 2.24) is 14.8 Å². The smallest absolute Gasteiger partial charge is 0.509 e. The summed E-state index contributed by atoms with van der Waals surface area (Å²) in [6.45, 7) is 2.72. The largest absolute Gasteiger partial charge is 0.707 e. The Kier molecular flexibility index (Phi) is 3.00. The van der Waals surface area contributed by atoms with Crippen molar-refractivity contribution in [3.05, 3.63) is 29.6 Å². The molecule has 0 bridgehead atoms. The van der Waals surface area contributed by atoms with E-state index in [-0.39, 0.29) is 0 Å². The summed E-state index contributed by atoms with van der Waals surface area (Å²) in [6.07, 6.45) is 1.81. The van der Waals surface area contributed by atoms with Crippen LogP contribution in [0, 0.1) is 6.92 Å². The molecule has 98 valence electrons. The van der Waals surface area contributed by atoms with Crippen LogP contribution in [0.5, 0.6) is 5.75 Å². The molecule has 0 radical (unpaired) electrons. The van der Waals surface area contributed by atoms with Crippen molar-refractivity contribution in [2.45, 2.75) is 26.3 Å². The molecule has 2 aromatic heterocycles. The minimum Gasteiger partial charge on any atom is -0.509 e. The molecule has 0 aliphatic carbocycles. The van der Waals surface area contributed by atoms with Crippen molar-refractivity contribution in [3.8, 4) is 17.1 Å². The number of fused-ring (bicyclic) bond motifs is 1. The Bertz CT molecular complexity index is 612. The maximum Gasteiger partial charge on any atom is 0.707 e. The summed E-state index contributed by atoms with van der Waals surface area (Å²) in [4.78, 5) is 4.41. The van der Waals surface area contributed by atoms with Gasteiger partial charge in [0.05, 0.1) is 11.4 Å². The number of pyridine rings is 1. The van der Waals surface area contributed by atoms with Crippen molar-refractivity contribution < 1.29 is 14.7 Å². The lowest BCUT2D eigenvalue weighted by Gasteiger charge is -2.06. The SMILES string of the molecule is Cc1cccc(-c2nn3c(c2OB(O)O)CCC3)n1. The van der Waals surface area contributed by atoms with Crippen molar-refractivity contribution in [2.75, 3.05) is 0 Å². The van der Waals surface area contributed by atoms with Crippen molar-refractivity contribution in [2.24, 2.45) is 0 Å². The molecule has 19 heavy (non-hydrogen) atoms. The highest BCUT2D eigenvalue weighted by Gasteiger charge is 2.27. The minimum absolute atomic E-state index is 0.422. The van der Waals surface area contributed by atoms with Gasteiger partial charge in [0.2, 0.25) is 0 Å². The van der Waals surface area contributed by atoms with Crippen LogP contribution in [0.1, 0.15) is 17.8 Å². The maximum absolute atomic E-state index is 9.06. The van der Waals surface area contributed by atoms with Gasteiger partial charge in [-0.05, 0) is 31.9 Å². The molecule has 3 rings (SSSR count). The summed E-state index contributed by atoms with van der Waals surface area (Å²) >= 11 is 0. The Hall–Kier alpha value is -1.86. The average molecular weight is 259 g/mol. The number of rotatable bonds is 3. The molecule has 6 nitrogen and oxygen atoms in total.